The second-order valence-electron chi connectivity index (χ2n) is 5.64. The molecule has 130 valence electrons. The highest BCUT2D eigenvalue weighted by molar-refractivity contribution is 7.89. The van der Waals surface area contributed by atoms with E-state index in [1.807, 2.05) is 6.92 Å². The van der Waals surface area contributed by atoms with Gasteiger partial charge < -0.3 is 10.5 Å². The lowest BCUT2D eigenvalue weighted by atomic mass is 9.93. The van der Waals surface area contributed by atoms with Gasteiger partial charge in [-0.05, 0) is 43.9 Å². The number of ether oxygens (including phenoxy) is 1. The Morgan fingerprint density at radius 2 is 2.13 bits per heavy atom. The molecule has 2 rings (SSSR count). The molecule has 0 aliphatic carbocycles. The third-order valence-corrected chi connectivity index (χ3v) is 5.92. The minimum atomic E-state index is -3.62. The molecule has 0 aromatic heterocycles. The van der Waals surface area contributed by atoms with Gasteiger partial charge in [0.2, 0.25) is 10.0 Å². The summed E-state index contributed by atoms with van der Waals surface area (Å²) in [6, 6.07) is 5.89. The van der Waals surface area contributed by atoms with Crippen molar-refractivity contribution >= 4 is 28.4 Å². The molecule has 2 N–H and O–H groups in total. The molecule has 8 heteroatoms. The van der Waals surface area contributed by atoms with Gasteiger partial charge in [-0.25, -0.2) is 13.2 Å². The average molecular weight is 363 g/mol. The normalized spacial score (nSPS) is 20.4. The third kappa shape index (κ3) is 4.44. The number of carbonyl (C=O) groups is 1. The van der Waals surface area contributed by atoms with Crippen LogP contribution in [-0.2, 0) is 14.8 Å². The fraction of sp³-hybridized carbons (Fsp3) is 0.533. The fourth-order valence-electron chi connectivity index (χ4n) is 2.67. The molecule has 0 radical (unpaired) electrons. The Morgan fingerprint density at radius 1 is 1.43 bits per heavy atom. The summed E-state index contributed by atoms with van der Waals surface area (Å²) in [5.74, 6) is -0.392. The summed E-state index contributed by atoms with van der Waals surface area (Å²) in [7, 11) is -2.36. The molecule has 2 unspecified atom stereocenters. The SMILES string of the molecule is COC(=O)c1cccc(S(=O)(=O)N2CCCC(C(C)N)C2)c1.Cl. The molecular formula is C15H23ClN2O4S. The molecule has 1 heterocycles. The first-order valence-corrected chi connectivity index (χ1v) is 8.74. The van der Waals surface area contributed by atoms with Crippen molar-refractivity contribution in [3.8, 4) is 0 Å². The number of methoxy groups -OCH3 is 1. The molecule has 0 bridgehead atoms. The van der Waals surface area contributed by atoms with E-state index in [-0.39, 0.29) is 34.8 Å². The lowest BCUT2D eigenvalue weighted by molar-refractivity contribution is 0.0600. The van der Waals surface area contributed by atoms with Crippen molar-refractivity contribution in [2.75, 3.05) is 20.2 Å². The lowest BCUT2D eigenvalue weighted by Crippen LogP contribution is -2.44. The first kappa shape index (κ1) is 19.9. The molecule has 1 aliphatic rings. The van der Waals surface area contributed by atoms with Crippen molar-refractivity contribution in [2.45, 2.75) is 30.7 Å². The van der Waals surface area contributed by atoms with E-state index in [1.54, 1.807) is 6.07 Å². The summed E-state index contributed by atoms with van der Waals surface area (Å²) in [5.41, 5.74) is 6.14. The first-order valence-electron chi connectivity index (χ1n) is 7.30. The van der Waals surface area contributed by atoms with Crippen molar-refractivity contribution in [2.24, 2.45) is 11.7 Å². The van der Waals surface area contributed by atoms with Gasteiger partial charge in [-0.15, -0.1) is 12.4 Å². The summed E-state index contributed by atoms with van der Waals surface area (Å²) in [4.78, 5) is 11.7. The molecule has 0 spiro atoms. The van der Waals surface area contributed by atoms with Gasteiger partial charge in [0, 0.05) is 19.1 Å². The number of hydrogen-bond donors (Lipinski definition) is 1. The van der Waals surface area contributed by atoms with Crippen LogP contribution in [0.2, 0.25) is 0 Å². The molecule has 23 heavy (non-hydrogen) atoms. The Kier molecular flexibility index (Phi) is 7.01. The number of piperidine rings is 1. The van der Waals surface area contributed by atoms with Crippen molar-refractivity contribution in [3.63, 3.8) is 0 Å². The zero-order valence-electron chi connectivity index (χ0n) is 13.3. The zero-order chi connectivity index (χ0) is 16.3. The molecule has 6 nitrogen and oxygen atoms in total. The summed E-state index contributed by atoms with van der Waals surface area (Å²) < 4.78 is 31.6. The maximum atomic E-state index is 12.8. The molecule has 1 fully saturated rings. The number of benzene rings is 1. The number of halogens is 1. The van der Waals surface area contributed by atoms with Gasteiger partial charge in [-0.2, -0.15) is 4.31 Å². The van der Waals surface area contributed by atoms with Gasteiger partial charge >= 0.3 is 5.97 Å². The zero-order valence-corrected chi connectivity index (χ0v) is 14.9. The van der Waals surface area contributed by atoms with Crippen LogP contribution in [0.25, 0.3) is 0 Å². The summed E-state index contributed by atoms with van der Waals surface area (Å²) in [6.07, 6.45) is 1.73. The highest BCUT2D eigenvalue weighted by Gasteiger charge is 2.31. The van der Waals surface area contributed by atoms with Crippen LogP contribution in [-0.4, -0.2) is 44.9 Å². The minimum absolute atomic E-state index is 0. The Morgan fingerprint density at radius 3 is 2.74 bits per heavy atom. The van der Waals surface area contributed by atoms with Gasteiger partial charge in [0.05, 0.1) is 17.6 Å². The van der Waals surface area contributed by atoms with E-state index < -0.39 is 16.0 Å². The fourth-order valence-corrected chi connectivity index (χ4v) is 4.25. The third-order valence-electron chi connectivity index (χ3n) is 4.06. The van der Waals surface area contributed by atoms with Crippen LogP contribution in [0.15, 0.2) is 29.2 Å². The van der Waals surface area contributed by atoms with Crippen LogP contribution < -0.4 is 5.73 Å². The highest BCUT2D eigenvalue weighted by Crippen LogP contribution is 2.25. The van der Waals surface area contributed by atoms with Crippen LogP contribution in [0, 0.1) is 5.92 Å². The second-order valence-corrected chi connectivity index (χ2v) is 7.58. The molecule has 1 aromatic rings. The topological polar surface area (TPSA) is 89.7 Å². The predicted molar refractivity (Wildman–Crippen MR) is 90.2 cm³/mol. The molecule has 2 atom stereocenters. The van der Waals surface area contributed by atoms with Crippen LogP contribution in [0.5, 0.6) is 0 Å². The summed E-state index contributed by atoms with van der Waals surface area (Å²) in [6.45, 7) is 2.80. The van der Waals surface area contributed by atoms with Gasteiger partial charge in [0.1, 0.15) is 0 Å². The van der Waals surface area contributed by atoms with E-state index in [0.29, 0.717) is 13.1 Å². The van der Waals surface area contributed by atoms with Crippen LogP contribution in [0.4, 0.5) is 0 Å². The van der Waals surface area contributed by atoms with E-state index in [4.69, 9.17) is 5.73 Å². The number of nitrogens with two attached hydrogens (primary N) is 1. The Bertz CT molecular complexity index is 649. The molecular weight excluding hydrogens is 340 g/mol. The van der Waals surface area contributed by atoms with Crippen molar-refractivity contribution < 1.29 is 17.9 Å². The highest BCUT2D eigenvalue weighted by atomic mass is 35.5. The maximum Gasteiger partial charge on any atom is 0.337 e. The predicted octanol–water partition coefficient (Wildman–Crippen LogP) is 1.64. The lowest BCUT2D eigenvalue weighted by Gasteiger charge is -2.33. The quantitative estimate of drug-likeness (QED) is 0.822. The van der Waals surface area contributed by atoms with Crippen molar-refractivity contribution in [1.29, 1.82) is 0 Å². The Balaban J connectivity index is 0.00000264. The number of esters is 1. The second kappa shape index (κ2) is 8.10. The number of rotatable bonds is 4. The van der Waals surface area contributed by atoms with Crippen molar-refractivity contribution in [3.05, 3.63) is 29.8 Å². The standard InChI is InChI=1S/C15H22N2O4S.ClH/c1-11(16)13-6-4-8-17(10-13)22(19,20)14-7-3-5-12(9-14)15(18)21-2;/h3,5,7,9,11,13H,4,6,8,10,16H2,1-2H3;1H. The number of nitrogens with zero attached hydrogens (tertiary/aromatic N) is 1. The summed E-state index contributed by atoms with van der Waals surface area (Å²) >= 11 is 0. The van der Waals surface area contributed by atoms with Crippen LogP contribution in [0.1, 0.15) is 30.1 Å². The van der Waals surface area contributed by atoms with Gasteiger partial charge in [-0.3, -0.25) is 0 Å². The molecule has 0 amide bonds. The monoisotopic (exact) mass is 362 g/mol. The van der Waals surface area contributed by atoms with Gasteiger partial charge in [0.25, 0.3) is 0 Å². The molecule has 1 aliphatic heterocycles. The van der Waals surface area contributed by atoms with E-state index >= 15 is 0 Å². The number of carbonyl (C=O) groups excluding carboxylic acids is 1. The largest absolute Gasteiger partial charge is 0.465 e. The van der Waals surface area contributed by atoms with Crippen LogP contribution in [0.3, 0.4) is 0 Å². The number of sulfonamides is 1. The van der Waals surface area contributed by atoms with E-state index in [0.717, 1.165) is 12.8 Å². The molecule has 0 saturated carbocycles. The molecule has 1 saturated heterocycles. The Hall–Kier alpha value is -1.15. The summed E-state index contributed by atoms with van der Waals surface area (Å²) in [5, 5.41) is 0. The van der Waals surface area contributed by atoms with Gasteiger partial charge in [-0.1, -0.05) is 6.07 Å². The van der Waals surface area contributed by atoms with Crippen LogP contribution >= 0.6 is 12.4 Å². The minimum Gasteiger partial charge on any atom is -0.465 e. The van der Waals surface area contributed by atoms with E-state index in [2.05, 4.69) is 4.74 Å². The first-order chi connectivity index (χ1) is 10.4. The van der Waals surface area contributed by atoms with Crippen molar-refractivity contribution in [1.82, 2.24) is 4.31 Å². The van der Waals surface area contributed by atoms with E-state index in [9.17, 15) is 13.2 Å². The average Bonchev–Trinajstić information content (AvgIpc) is 2.54. The van der Waals surface area contributed by atoms with Gasteiger partial charge in [0.15, 0.2) is 0 Å². The Labute approximate surface area is 143 Å². The molecule has 1 aromatic carbocycles. The maximum absolute atomic E-state index is 12.8. The van der Waals surface area contributed by atoms with E-state index in [1.165, 1.54) is 29.6 Å². The number of hydrogen-bond acceptors (Lipinski definition) is 5. The smallest absolute Gasteiger partial charge is 0.337 e.